The van der Waals surface area contributed by atoms with E-state index in [0.29, 0.717) is 0 Å². The molecular formula is C11H13NO2. The minimum absolute atomic E-state index is 0.351. The molecule has 0 unspecified atom stereocenters. The highest BCUT2D eigenvalue weighted by atomic mass is 16.5. The summed E-state index contributed by atoms with van der Waals surface area (Å²) < 4.78 is 4.50. The summed E-state index contributed by atoms with van der Waals surface area (Å²) in [6.45, 7) is 0. The van der Waals surface area contributed by atoms with Crippen molar-refractivity contribution in [1.82, 2.24) is 0 Å². The number of rotatable bonds is 3. The lowest BCUT2D eigenvalue weighted by Gasteiger charge is -2.03. The molecule has 74 valence electrons. The number of carbonyl (C=O) groups excluding carboxylic acids is 1. The number of hydrogen-bond donors (Lipinski definition) is 1. The Balaban J connectivity index is 2.85. The van der Waals surface area contributed by atoms with Crippen LogP contribution in [-0.2, 0) is 9.53 Å². The molecule has 3 nitrogen and oxygen atoms in total. The van der Waals surface area contributed by atoms with Crippen LogP contribution in [0.2, 0.25) is 0 Å². The zero-order chi connectivity index (χ0) is 10.4. The van der Waals surface area contributed by atoms with Crippen LogP contribution in [0.15, 0.2) is 30.3 Å². The Morgan fingerprint density at radius 1 is 1.43 bits per heavy atom. The highest BCUT2D eigenvalue weighted by Crippen LogP contribution is 2.15. The average Bonchev–Trinajstić information content (AvgIpc) is 2.26. The van der Waals surface area contributed by atoms with Crippen LogP contribution in [0, 0.1) is 0 Å². The number of nitrogens with one attached hydrogen (secondary N) is 1. The quantitative estimate of drug-likeness (QED) is 0.586. The Morgan fingerprint density at radius 3 is 2.79 bits per heavy atom. The van der Waals surface area contributed by atoms with Gasteiger partial charge in [-0.2, -0.15) is 0 Å². The summed E-state index contributed by atoms with van der Waals surface area (Å²) in [5, 5.41) is 3.03. The van der Waals surface area contributed by atoms with Crippen LogP contribution in [0.1, 0.15) is 5.56 Å². The molecule has 0 aliphatic heterocycles. The first kappa shape index (κ1) is 10.3. The van der Waals surface area contributed by atoms with Crippen molar-refractivity contribution in [2.24, 2.45) is 0 Å². The van der Waals surface area contributed by atoms with Crippen molar-refractivity contribution in [3.8, 4) is 0 Å². The average molecular weight is 191 g/mol. The van der Waals surface area contributed by atoms with Gasteiger partial charge in [0.15, 0.2) is 0 Å². The highest BCUT2D eigenvalue weighted by Gasteiger charge is 1.96. The van der Waals surface area contributed by atoms with Crippen molar-refractivity contribution in [1.29, 1.82) is 0 Å². The molecule has 0 heterocycles. The lowest BCUT2D eigenvalue weighted by molar-refractivity contribution is -0.134. The predicted octanol–water partition coefficient (Wildman–Crippen LogP) is 1.91. The van der Waals surface area contributed by atoms with Crippen LogP contribution in [0.25, 0.3) is 6.08 Å². The fraction of sp³-hybridized carbons (Fsp3) is 0.182. The lowest BCUT2D eigenvalue weighted by atomic mass is 10.1. The minimum atomic E-state index is -0.351. The molecule has 14 heavy (non-hydrogen) atoms. The summed E-state index contributed by atoms with van der Waals surface area (Å²) in [5.74, 6) is -0.351. The standard InChI is InChI=1S/C11H13NO2/c1-12-10-6-4-3-5-9(10)7-8-11(13)14-2/h3-8,12H,1-2H3/b8-7+. The zero-order valence-electron chi connectivity index (χ0n) is 8.28. The van der Waals surface area contributed by atoms with Crippen molar-refractivity contribution in [3.05, 3.63) is 35.9 Å². The number of ether oxygens (including phenoxy) is 1. The van der Waals surface area contributed by atoms with Gasteiger partial charge in [-0.05, 0) is 17.7 Å². The molecule has 1 aromatic carbocycles. The summed E-state index contributed by atoms with van der Waals surface area (Å²) in [5.41, 5.74) is 1.94. The molecule has 0 atom stereocenters. The molecule has 0 fully saturated rings. The van der Waals surface area contributed by atoms with E-state index in [1.54, 1.807) is 6.08 Å². The molecule has 0 spiro atoms. The van der Waals surface area contributed by atoms with Crippen LogP contribution in [-0.4, -0.2) is 20.1 Å². The molecule has 0 aliphatic carbocycles. The van der Waals surface area contributed by atoms with E-state index >= 15 is 0 Å². The SMILES string of the molecule is CNc1ccccc1/C=C/C(=O)OC. The summed E-state index contributed by atoms with van der Waals surface area (Å²) in [7, 11) is 3.20. The second-order valence-corrected chi connectivity index (χ2v) is 2.69. The number of para-hydroxylation sites is 1. The smallest absolute Gasteiger partial charge is 0.330 e. The van der Waals surface area contributed by atoms with E-state index in [1.165, 1.54) is 13.2 Å². The van der Waals surface area contributed by atoms with Crippen molar-refractivity contribution < 1.29 is 9.53 Å². The molecule has 1 N–H and O–H groups in total. The number of esters is 1. The van der Waals surface area contributed by atoms with E-state index in [-0.39, 0.29) is 5.97 Å². The first-order chi connectivity index (χ1) is 6.77. The summed E-state index contributed by atoms with van der Waals surface area (Å²) >= 11 is 0. The van der Waals surface area contributed by atoms with Crippen molar-refractivity contribution >= 4 is 17.7 Å². The van der Waals surface area contributed by atoms with Gasteiger partial charge in [0.05, 0.1) is 7.11 Å². The van der Waals surface area contributed by atoms with E-state index in [2.05, 4.69) is 10.1 Å². The Kier molecular flexibility index (Phi) is 3.73. The molecule has 3 heteroatoms. The Morgan fingerprint density at radius 2 is 2.14 bits per heavy atom. The van der Waals surface area contributed by atoms with E-state index in [4.69, 9.17) is 0 Å². The van der Waals surface area contributed by atoms with Crippen LogP contribution in [0.4, 0.5) is 5.69 Å². The van der Waals surface area contributed by atoms with Gasteiger partial charge in [0, 0.05) is 18.8 Å². The third-order valence-electron chi connectivity index (χ3n) is 1.83. The summed E-state index contributed by atoms with van der Waals surface area (Å²) in [6, 6.07) is 7.71. The predicted molar refractivity (Wildman–Crippen MR) is 57.0 cm³/mol. The summed E-state index contributed by atoms with van der Waals surface area (Å²) in [6.07, 6.45) is 3.12. The van der Waals surface area contributed by atoms with Crippen LogP contribution < -0.4 is 5.32 Å². The van der Waals surface area contributed by atoms with E-state index in [0.717, 1.165) is 11.3 Å². The molecule has 1 aromatic rings. The van der Waals surface area contributed by atoms with Gasteiger partial charge in [-0.1, -0.05) is 18.2 Å². The number of anilines is 1. The van der Waals surface area contributed by atoms with Gasteiger partial charge in [0.1, 0.15) is 0 Å². The monoisotopic (exact) mass is 191 g/mol. The molecule has 0 saturated heterocycles. The third-order valence-corrected chi connectivity index (χ3v) is 1.83. The Bertz CT molecular complexity index is 345. The van der Waals surface area contributed by atoms with E-state index in [1.807, 2.05) is 31.3 Å². The Hall–Kier alpha value is -1.77. The second-order valence-electron chi connectivity index (χ2n) is 2.69. The molecule has 0 bridgehead atoms. The number of benzene rings is 1. The maximum atomic E-state index is 10.9. The van der Waals surface area contributed by atoms with Crippen LogP contribution in [0.5, 0.6) is 0 Å². The largest absolute Gasteiger partial charge is 0.466 e. The molecule has 0 saturated carbocycles. The Labute approximate surface area is 83.4 Å². The molecule has 0 radical (unpaired) electrons. The van der Waals surface area contributed by atoms with Gasteiger partial charge in [0.25, 0.3) is 0 Å². The van der Waals surface area contributed by atoms with E-state index < -0.39 is 0 Å². The van der Waals surface area contributed by atoms with Gasteiger partial charge in [-0.15, -0.1) is 0 Å². The van der Waals surface area contributed by atoms with Gasteiger partial charge in [-0.3, -0.25) is 0 Å². The lowest BCUT2D eigenvalue weighted by Crippen LogP contribution is -1.94. The fourth-order valence-electron chi connectivity index (χ4n) is 1.10. The molecular weight excluding hydrogens is 178 g/mol. The van der Waals surface area contributed by atoms with Crippen LogP contribution in [0.3, 0.4) is 0 Å². The van der Waals surface area contributed by atoms with Crippen molar-refractivity contribution in [3.63, 3.8) is 0 Å². The third kappa shape index (κ3) is 2.62. The van der Waals surface area contributed by atoms with E-state index in [9.17, 15) is 4.79 Å². The van der Waals surface area contributed by atoms with Gasteiger partial charge in [-0.25, -0.2) is 4.79 Å². The zero-order valence-corrected chi connectivity index (χ0v) is 8.28. The minimum Gasteiger partial charge on any atom is -0.466 e. The maximum Gasteiger partial charge on any atom is 0.330 e. The second kappa shape index (κ2) is 5.07. The highest BCUT2D eigenvalue weighted by molar-refractivity contribution is 5.88. The molecule has 1 rings (SSSR count). The summed E-state index contributed by atoms with van der Waals surface area (Å²) in [4.78, 5) is 10.9. The topological polar surface area (TPSA) is 38.3 Å². The first-order valence-electron chi connectivity index (χ1n) is 4.30. The first-order valence-corrected chi connectivity index (χ1v) is 4.30. The van der Waals surface area contributed by atoms with Gasteiger partial charge in [0.2, 0.25) is 0 Å². The molecule has 0 aliphatic rings. The number of hydrogen-bond acceptors (Lipinski definition) is 3. The van der Waals surface area contributed by atoms with Crippen molar-refractivity contribution in [2.45, 2.75) is 0 Å². The molecule has 0 amide bonds. The fourth-order valence-corrected chi connectivity index (χ4v) is 1.10. The van der Waals surface area contributed by atoms with Crippen molar-refractivity contribution in [2.75, 3.05) is 19.5 Å². The maximum absolute atomic E-state index is 10.9. The van der Waals surface area contributed by atoms with Crippen LogP contribution >= 0.6 is 0 Å². The normalized spacial score (nSPS) is 10.1. The number of carbonyl (C=O) groups is 1. The van der Waals surface area contributed by atoms with Gasteiger partial charge >= 0.3 is 5.97 Å². The molecule has 0 aromatic heterocycles. The van der Waals surface area contributed by atoms with Gasteiger partial charge < -0.3 is 10.1 Å². The number of methoxy groups -OCH3 is 1.